The Labute approximate surface area is 182 Å². The van der Waals surface area contributed by atoms with Gasteiger partial charge in [-0.1, -0.05) is 5.16 Å². The molecule has 1 saturated heterocycles. The number of carbonyl (C=O) groups is 1. The van der Waals surface area contributed by atoms with E-state index >= 15 is 0 Å². The van der Waals surface area contributed by atoms with E-state index in [-0.39, 0.29) is 12.0 Å². The zero-order chi connectivity index (χ0) is 22.3. The molecule has 31 heavy (non-hydrogen) atoms. The molecule has 1 aliphatic heterocycles. The quantitative estimate of drug-likeness (QED) is 0.593. The van der Waals surface area contributed by atoms with Crippen LogP contribution in [0.2, 0.25) is 0 Å². The van der Waals surface area contributed by atoms with Crippen molar-refractivity contribution < 1.29 is 18.7 Å². The molecule has 1 aliphatic rings. The van der Waals surface area contributed by atoms with Gasteiger partial charge < -0.3 is 14.2 Å². The largest absolute Gasteiger partial charge is 0.444 e. The smallest absolute Gasteiger partial charge is 0.410 e. The standard InChI is InChI=1S/C23H32N5O3/c1-7-28-15(2)18-9-8-17(14-19(18)26(28)6)20-24-21(31-25-20)16-10-12-27(13-11-16)22(29)30-23(3,4)5/h8-9,14,16H,7,10-13H2,1-6H3/q+1. The molecule has 3 heterocycles. The van der Waals surface area contributed by atoms with E-state index in [2.05, 4.69) is 53.6 Å². The molecule has 166 valence electrons. The first-order valence-corrected chi connectivity index (χ1v) is 11.0. The SMILES string of the molecule is CCn1c(C)c2ccc(-c3noc(C4CCN(C(=O)OC(C)(C)C)CC4)n3)cc2[n+]1C. The molecule has 3 aromatic rings. The first-order valence-electron chi connectivity index (χ1n) is 11.0. The second-order valence-electron chi connectivity index (χ2n) is 9.25. The highest BCUT2D eigenvalue weighted by molar-refractivity contribution is 5.82. The summed E-state index contributed by atoms with van der Waals surface area (Å²) < 4.78 is 15.5. The average Bonchev–Trinajstić information content (AvgIpc) is 3.30. The van der Waals surface area contributed by atoms with Crippen LogP contribution in [0.15, 0.2) is 22.7 Å². The molecule has 1 fully saturated rings. The molecular weight excluding hydrogens is 394 g/mol. The first kappa shape index (κ1) is 21.3. The highest BCUT2D eigenvalue weighted by Gasteiger charge is 2.30. The van der Waals surface area contributed by atoms with Crippen molar-refractivity contribution in [1.82, 2.24) is 19.7 Å². The number of amides is 1. The molecule has 1 amide bonds. The molecule has 0 atom stereocenters. The summed E-state index contributed by atoms with van der Waals surface area (Å²) in [6.07, 6.45) is 1.31. The number of nitrogens with zero attached hydrogens (tertiary/aromatic N) is 5. The Morgan fingerprint density at radius 1 is 1.29 bits per heavy atom. The molecule has 2 aromatic heterocycles. The lowest BCUT2D eigenvalue weighted by Crippen LogP contribution is -2.41. The fourth-order valence-electron chi connectivity index (χ4n) is 4.34. The zero-order valence-corrected chi connectivity index (χ0v) is 19.3. The van der Waals surface area contributed by atoms with Crippen molar-refractivity contribution in [3.05, 3.63) is 29.8 Å². The summed E-state index contributed by atoms with van der Waals surface area (Å²) in [5.41, 5.74) is 2.85. The number of hydrogen-bond donors (Lipinski definition) is 0. The van der Waals surface area contributed by atoms with Crippen LogP contribution in [0.25, 0.3) is 22.3 Å². The lowest BCUT2D eigenvalue weighted by atomic mass is 9.97. The second kappa shape index (κ2) is 7.98. The summed E-state index contributed by atoms with van der Waals surface area (Å²) in [6.45, 7) is 12.1. The predicted molar refractivity (Wildman–Crippen MR) is 117 cm³/mol. The number of aromatic nitrogens is 4. The molecule has 0 bridgehead atoms. The van der Waals surface area contributed by atoms with Gasteiger partial charge in [0.05, 0.1) is 17.6 Å². The van der Waals surface area contributed by atoms with Gasteiger partial charge in [0.1, 0.15) is 5.60 Å². The van der Waals surface area contributed by atoms with Crippen molar-refractivity contribution in [3.63, 3.8) is 0 Å². The molecule has 8 nitrogen and oxygen atoms in total. The molecule has 0 unspecified atom stereocenters. The molecule has 0 radical (unpaired) electrons. The van der Waals surface area contributed by atoms with Gasteiger partial charge in [-0.15, -0.1) is 4.68 Å². The number of likely N-dealkylation sites (tertiary alicyclic amines) is 1. The van der Waals surface area contributed by atoms with Gasteiger partial charge in [0.25, 0.3) is 0 Å². The van der Waals surface area contributed by atoms with E-state index < -0.39 is 5.60 Å². The van der Waals surface area contributed by atoms with Gasteiger partial charge in [-0.3, -0.25) is 0 Å². The van der Waals surface area contributed by atoms with Crippen LogP contribution >= 0.6 is 0 Å². The van der Waals surface area contributed by atoms with E-state index in [0.29, 0.717) is 24.8 Å². The molecule has 0 spiro atoms. The number of piperidine rings is 1. The molecule has 0 aliphatic carbocycles. The van der Waals surface area contributed by atoms with E-state index in [1.165, 1.54) is 11.1 Å². The fraction of sp³-hybridized carbons (Fsp3) is 0.565. The van der Waals surface area contributed by atoms with Gasteiger partial charge in [0.2, 0.25) is 17.2 Å². The van der Waals surface area contributed by atoms with Crippen molar-refractivity contribution in [1.29, 1.82) is 0 Å². The molecule has 4 rings (SSSR count). The Morgan fingerprint density at radius 2 is 2.00 bits per heavy atom. The summed E-state index contributed by atoms with van der Waals surface area (Å²) in [5, 5.41) is 5.47. The molecule has 1 aromatic carbocycles. The van der Waals surface area contributed by atoms with Crippen molar-refractivity contribution >= 4 is 17.0 Å². The van der Waals surface area contributed by atoms with Crippen LogP contribution in [-0.2, 0) is 18.3 Å². The van der Waals surface area contributed by atoms with Crippen molar-refractivity contribution in [3.8, 4) is 11.4 Å². The molecule has 0 N–H and O–H groups in total. The summed E-state index contributed by atoms with van der Waals surface area (Å²) in [7, 11) is 2.07. The normalized spacial score (nSPS) is 15.6. The maximum Gasteiger partial charge on any atom is 0.410 e. The summed E-state index contributed by atoms with van der Waals surface area (Å²) in [4.78, 5) is 18.7. The van der Waals surface area contributed by atoms with Crippen LogP contribution in [0.1, 0.15) is 58.0 Å². The van der Waals surface area contributed by atoms with E-state index in [1.807, 2.05) is 20.8 Å². The minimum Gasteiger partial charge on any atom is -0.444 e. The lowest BCUT2D eigenvalue weighted by molar-refractivity contribution is -0.730. The predicted octanol–water partition coefficient (Wildman–Crippen LogP) is 3.96. The Balaban J connectivity index is 1.48. The van der Waals surface area contributed by atoms with Crippen molar-refractivity contribution in [2.45, 2.75) is 65.5 Å². The van der Waals surface area contributed by atoms with Crippen molar-refractivity contribution in [2.75, 3.05) is 13.1 Å². The zero-order valence-electron chi connectivity index (χ0n) is 19.3. The summed E-state index contributed by atoms with van der Waals surface area (Å²) in [6, 6.07) is 6.30. The molecular formula is C23H32N5O3+. The van der Waals surface area contributed by atoms with E-state index in [9.17, 15) is 4.79 Å². The maximum atomic E-state index is 12.3. The minimum absolute atomic E-state index is 0.156. The Bertz CT molecular complexity index is 1100. The first-order chi connectivity index (χ1) is 14.7. The van der Waals surface area contributed by atoms with Crippen molar-refractivity contribution in [2.24, 2.45) is 7.05 Å². The van der Waals surface area contributed by atoms with Crippen LogP contribution in [-0.4, -0.2) is 44.5 Å². The Kier molecular flexibility index (Phi) is 5.49. The van der Waals surface area contributed by atoms with Crippen LogP contribution in [0.5, 0.6) is 0 Å². The average molecular weight is 427 g/mol. The fourth-order valence-corrected chi connectivity index (χ4v) is 4.34. The molecule has 8 heteroatoms. The summed E-state index contributed by atoms with van der Waals surface area (Å²) in [5.74, 6) is 1.40. The van der Waals surface area contributed by atoms with Crippen LogP contribution < -0.4 is 4.68 Å². The van der Waals surface area contributed by atoms with E-state index in [1.54, 1.807) is 4.90 Å². The minimum atomic E-state index is -0.482. The second-order valence-corrected chi connectivity index (χ2v) is 9.25. The molecule has 0 saturated carbocycles. The third-order valence-corrected chi connectivity index (χ3v) is 5.98. The van der Waals surface area contributed by atoms with E-state index in [0.717, 1.165) is 30.5 Å². The number of hydrogen-bond acceptors (Lipinski definition) is 5. The summed E-state index contributed by atoms with van der Waals surface area (Å²) >= 11 is 0. The highest BCUT2D eigenvalue weighted by Crippen LogP contribution is 2.30. The van der Waals surface area contributed by atoms with Gasteiger partial charge in [-0.2, -0.15) is 9.67 Å². The Morgan fingerprint density at radius 3 is 2.65 bits per heavy atom. The number of carbonyl (C=O) groups excluding carboxylic acids is 1. The number of fused-ring (bicyclic) bond motifs is 1. The number of benzene rings is 1. The number of aryl methyl sites for hydroxylation is 2. The monoisotopic (exact) mass is 426 g/mol. The third-order valence-electron chi connectivity index (χ3n) is 5.98. The van der Waals surface area contributed by atoms with Crippen LogP contribution in [0.4, 0.5) is 4.79 Å². The number of ether oxygens (including phenoxy) is 1. The van der Waals surface area contributed by atoms with Crippen LogP contribution in [0, 0.1) is 6.92 Å². The van der Waals surface area contributed by atoms with E-state index in [4.69, 9.17) is 14.2 Å². The van der Waals surface area contributed by atoms with Crippen LogP contribution in [0.3, 0.4) is 0 Å². The van der Waals surface area contributed by atoms with Gasteiger partial charge in [-0.25, -0.2) is 4.79 Å². The third kappa shape index (κ3) is 4.16. The van der Waals surface area contributed by atoms with Gasteiger partial charge in [-0.05, 0) is 59.6 Å². The Hall–Kier alpha value is -2.90. The van der Waals surface area contributed by atoms with Gasteiger partial charge in [0, 0.05) is 30.6 Å². The van der Waals surface area contributed by atoms with Gasteiger partial charge in [0.15, 0.2) is 7.05 Å². The van der Waals surface area contributed by atoms with Gasteiger partial charge >= 0.3 is 6.09 Å². The maximum absolute atomic E-state index is 12.3. The topological polar surface area (TPSA) is 77.3 Å². The number of rotatable bonds is 3. The lowest BCUT2D eigenvalue weighted by Gasteiger charge is -2.32. The highest BCUT2D eigenvalue weighted by atomic mass is 16.6.